The number of aromatic hydroxyl groups is 2. The Morgan fingerprint density at radius 1 is 1.09 bits per heavy atom. The number of rotatable bonds is 9. The van der Waals surface area contributed by atoms with Crippen LogP contribution < -0.4 is 0 Å². The summed E-state index contributed by atoms with van der Waals surface area (Å²) in [4.78, 5) is 18.1. The Labute approximate surface area is 209 Å². The predicted molar refractivity (Wildman–Crippen MR) is 131 cm³/mol. The number of hydrogen-bond acceptors (Lipinski definition) is 5. The third kappa shape index (κ3) is 9.91. The molecule has 0 bridgehead atoms. The fourth-order valence-corrected chi connectivity index (χ4v) is 3.63. The SMILES string of the molecule is CN(C)C(=O)CCCCC(C)(C)c1ccc(-c2cccc(O)c2)c(O)c1.[N-]=[N+]=N[S](=[V])N=[N+]=[N-]. The van der Waals surface area contributed by atoms with Gasteiger partial charge in [-0.3, -0.25) is 4.79 Å². The molecule has 1 amide bonds. The molecule has 2 aromatic carbocycles. The number of unbranched alkanes of at least 4 members (excludes halogenated alkanes) is 1. The van der Waals surface area contributed by atoms with Crippen molar-refractivity contribution in [2.75, 3.05) is 14.1 Å². The first-order valence-corrected chi connectivity index (χ1v) is 13.2. The van der Waals surface area contributed by atoms with Crippen LogP contribution in [0.5, 0.6) is 11.5 Å². The van der Waals surface area contributed by atoms with Crippen molar-refractivity contribution in [3.63, 3.8) is 0 Å². The van der Waals surface area contributed by atoms with Crippen LogP contribution in [0.25, 0.3) is 32.0 Å². The van der Waals surface area contributed by atoms with Gasteiger partial charge in [0.1, 0.15) is 11.5 Å². The second-order valence-electron chi connectivity index (χ2n) is 8.25. The van der Waals surface area contributed by atoms with Crippen molar-refractivity contribution in [2.45, 2.75) is 44.9 Å². The number of carbonyl (C=O) groups is 1. The summed E-state index contributed by atoms with van der Waals surface area (Å²) in [5, 5.41) is 20.1. The first-order chi connectivity index (χ1) is 16.0. The molecule has 0 atom stereocenters. The number of amides is 1. The van der Waals surface area contributed by atoms with Crippen molar-refractivity contribution in [1.29, 1.82) is 0 Å². The van der Waals surface area contributed by atoms with Crippen LogP contribution in [0.4, 0.5) is 0 Å². The summed E-state index contributed by atoms with van der Waals surface area (Å²) in [5.41, 5.74) is 17.9. The van der Waals surface area contributed by atoms with Gasteiger partial charge < -0.3 is 15.1 Å². The van der Waals surface area contributed by atoms with Gasteiger partial charge in [-0.05, 0) is 47.6 Å². The fraction of sp³-hybridized carbons (Fsp3) is 0.409. The van der Waals surface area contributed by atoms with Gasteiger partial charge in [-0.15, -0.1) is 0 Å². The van der Waals surface area contributed by atoms with E-state index in [4.69, 9.17) is 11.1 Å². The second-order valence-corrected chi connectivity index (χ2v) is 10.6. The minimum atomic E-state index is -0.916. The standard InChI is InChI=1S/C22H29NO3.N6S.V/c1-22(2,13-6-5-10-21(26)23(3)4)17-11-12-19(20(25)15-17)16-8-7-9-18(24)14-16;1-3-5-7-6-4-2;/h7-9,11-12,14-15,24-25H,5-6,10,13H2,1-4H3;;. The third-order valence-electron chi connectivity index (χ3n) is 5.10. The van der Waals surface area contributed by atoms with Gasteiger partial charge in [-0.25, -0.2) is 0 Å². The average Bonchev–Trinajstić information content (AvgIpc) is 2.77. The van der Waals surface area contributed by atoms with E-state index in [1.54, 1.807) is 37.2 Å². The number of nitrogens with zero attached hydrogens (tertiary/aromatic N) is 7. The molecule has 10 nitrogen and oxygen atoms in total. The van der Waals surface area contributed by atoms with E-state index in [0.29, 0.717) is 12.0 Å². The van der Waals surface area contributed by atoms with E-state index in [1.807, 2.05) is 40.0 Å². The summed E-state index contributed by atoms with van der Waals surface area (Å²) in [6.45, 7) is 4.31. The van der Waals surface area contributed by atoms with Gasteiger partial charge in [0.05, 0.1) is 0 Å². The summed E-state index contributed by atoms with van der Waals surface area (Å²) in [5.74, 6) is 0.554. The molecule has 0 aliphatic carbocycles. The minimum absolute atomic E-state index is 0.0873. The van der Waals surface area contributed by atoms with E-state index in [0.717, 1.165) is 30.4 Å². The van der Waals surface area contributed by atoms with E-state index in [9.17, 15) is 15.0 Å². The molecular formula is C22H29N7O3SV. The summed E-state index contributed by atoms with van der Waals surface area (Å²) in [6, 6.07) is 12.6. The zero-order valence-electron chi connectivity index (χ0n) is 19.7. The van der Waals surface area contributed by atoms with Gasteiger partial charge >= 0.3 is 54.6 Å². The van der Waals surface area contributed by atoms with Gasteiger partial charge in [0.2, 0.25) is 5.91 Å². The van der Waals surface area contributed by atoms with Gasteiger partial charge in [0.25, 0.3) is 0 Å². The van der Waals surface area contributed by atoms with Crippen LogP contribution in [0.15, 0.2) is 51.5 Å². The molecule has 0 saturated carbocycles. The van der Waals surface area contributed by atoms with E-state index in [2.05, 4.69) is 32.7 Å². The van der Waals surface area contributed by atoms with Crippen LogP contribution in [0, 0.1) is 0 Å². The van der Waals surface area contributed by atoms with Crippen molar-refractivity contribution >= 4 is 14.8 Å². The summed E-state index contributed by atoms with van der Waals surface area (Å²) >= 11 is 1.95. The molecule has 0 radical (unpaired) electrons. The molecule has 0 heterocycles. The summed E-state index contributed by atoms with van der Waals surface area (Å²) < 4.78 is 6.15. The van der Waals surface area contributed by atoms with Gasteiger partial charge in [-0.2, -0.15) is 0 Å². The van der Waals surface area contributed by atoms with E-state index in [1.165, 1.54) is 0 Å². The first-order valence-electron chi connectivity index (χ1n) is 10.4. The maximum absolute atomic E-state index is 11.7. The maximum atomic E-state index is 11.7. The average molecular weight is 523 g/mol. The Hall–Kier alpha value is -2.94. The normalized spacial score (nSPS) is 11.1. The molecule has 2 N–H and O–H groups in total. The second kappa shape index (κ2) is 14.4. The van der Waals surface area contributed by atoms with Crippen LogP contribution in [0.2, 0.25) is 0 Å². The van der Waals surface area contributed by atoms with Gasteiger partial charge in [-0.1, -0.05) is 44.5 Å². The Bertz CT molecular complexity index is 1090. The van der Waals surface area contributed by atoms with Crippen molar-refractivity contribution < 1.29 is 30.7 Å². The molecule has 0 aromatic heterocycles. The molecule has 2 rings (SSSR count). The molecule has 2 aromatic rings. The molecule has 0 saturated heterocycles. The molecule has 0 fully saturated rings. The van der Waals surface area contributed by atoms with Crippen molar-refractivity contribution in [3.8, 4) is 22.6 Å². The van der Waals surface area contributed by atoms with E-state index in [-0.39, 0.29) is 22.8 Å². The number of hydrogen-bond donors (Lipinski definition) is 2. The molecule has 34 heavy (non-hydrogen) atoms. The predicted octanol–water partition coefficient (Wildman–Crippen LogP) is 6.86. The van der Waals surface area contributed by atoms with Crippen molar-refractivity contribution in [3.05, 3.63) is 68.9 Å². The summed E-state index contributed by atoms with van der Waals surface area (Å²) in [7, 11) is 2.65. The summed E-state index contributed by atoms with van der Waals surface area (Å²) in [6.07, 6.45) is 3.35. The van der Waals surface area contributed by atoms with Crippen LogP contribution in [-0.4, -0.2) is 35.1 Å². The third-order valence-corrected chi connectivity index (χ3v) is 6.22. The first kappa shape index (κ1) is 29.1. The number of benzene rings is 2. The molecule has 0 aliphatic rings. The Balaban J connectivity index is 0.000000620. The van der Waals surface area contributed by atoms with Crippen molar-refractivity contribution in [1.82, 2.24) is 4.90 Å². The molecule has 12 heteroatoms. The Morgan fingerprint density at radius 2 is 1.74 bits per heavy atom. The number of azide groups is 1. The number of phenolic OH excluding ortho intramolecular Hbond substituents is 2. The Morgan fingerprint density at radius 3 is 2.26 bits per heavy atom. The monoisotopic (exact) mass is 522 g/mol. The molecule has 0 aliphatic heterocycles. The topological polar surface area (TPSA) is 158 Å². The van der Waals surface area contributed by atoms with Crippen LogP contribution in [0.1, 0.15) is 45.1 Å². The van der Waals surface area contributed by atoms with Gasteiger partial charge in [0.15, 0.2) is 0 Å². The zero-order chi connectivity index (χ0) is 25.7. The fourth-order valence-electron chi connectivity index (χ4n) is 3.16. The Kier molecular flexibility index (Phi) is 12.3. The molecule has 0 spiro atoms. The van der Waals surface area contributed by atoms with Crippen LogP contribution >= 0.6 is 8.92 Å². The molecular weight excluding hydrogens is 493 g/mol. The number of carbonyl (C=O) groups excluding carboxylic acids is 1. The number of phenols is 2. The van der Waals surface area contributed by atoms with Crippen molar-refractivity contribution in [2.24, 2.45) is 9.04 Å². The molecule has 181 valence electrons. The van der Waals surface area contributed by atoms with Crippen LogP contribution in [0.3, 0.4) is 0 Å². The zero-order valence-corrected chi connectivity index (χ0v) is 21.9. The van der Waals surface area contributed by atoms with E-state index < -0.39 is 8.92 Å². The van der Waals surface area contributed by atoms with Gasteiger partial charge in [0, 0.05) is 26.1 Å². The molecule has 0 unspecified atom stereocenters. The quantitative estimate of drug-likeness (QED) is 0.160. The van der Waals surface area contributed by atoms with E-state index >= 15 is 0 Å². The van der Waals surface area contributed by atoms with Crippen LogP contribution in [-0.2, 0) is 25.9 Å².